The zero-order chi connectivity index (χ0) is 53.1. The minimum absolute atomic E-state index is 0.0853. The number of halogens is 3. The molecule has 0 bridgehead atoms. The van der Waals surface area contributed by atoms with E-state index in [1.54, 1.807) is 84.3 Å². The Hall–Kier alpha value is -9.06. The molecule has 6 aromatic carbocycles. The number of likely N-dealkylation sites (N-methyl/N-ethyl adjacent to an activating group) is 1. The molecule has 16 nitrogen and oxygen atoms in total. The Kier molecular flexibility index (Phi) is 16.3. The van der Waals surface area contributed by atoms with Crippen molar-refractivity contribution < 1.29 is 14.4 Å². The van der Waals surface area contributed by atoms with Gasteiger partial charge in [0, 0.05) is 52.3 Å². The van der Waals surface area contributed by atoms with E-state index >= 15 is 0 Å². The Morgan fingerprint density at radius 2 is 0.895 bits per heavy atom. The van der Waals surface area contributed by atoms with Crippen LogP contribution in [0.25, 0.3) is 66.9 Å². The van der Waals surface area contributed by atoms with Crippen LogP contribution in [0.1, 0.15) is 26.3 Å². The van der Waals surface area contributed by atoms with Crippen LogP contribution in [0.2, 0.25) is 15.1 Å². The van der Waals surface area contributed by atoms with Crippen LogP contribution in [-0.2, 0) is 4.79 Å². The normalized spacial score (nSPS) is 10.8. The van der Waals surface area contributed by atoms with Crippen molar-refractivity contribution in [2.24, 2.45) is 0 Å². The summed E-state index contributed by atoms with van der Waals surface area (Å²) in [6.07, 6.45) is 11.3. The molecule has 11 rings (SSSR count). The molecule has 3 amide bonds. The maximum Gasteiger partial charge on any atom is 0.258 e. The molecule has 0 aliphatic carbocycles. The molecule has 376 valence electrons. The Balaban J connectivity index is 0.000000140. The van der Waals surface area contributed by atoms with Crippen molar-refractivity contribution in [3.05, 3.63) is 209 Å². The molecule has 0 saturated heterocycles. The van der Waals surface area contributed by atoms with Gasteiger partial charge in [0.05, 0.1) is 108 Å². The van der Waals surface area contributed by atoms with Crippen molar-refractivity contribution in [2.75, 3.05) is 36.6 Å². The minimum atomic E-state index is -0.258. The third kappa shape index (κ3) is 13.0. The summed E-state index contributed by atoms with van der Waals surface area (Å²) in [6.45, 7) is 2.20. The fraction of sp³-hybridized carbons (Fsp3) is 0.0702. The van der Waals surface area contributed by atoms with Crippen LogP contribution in [0.15, 0.2) is 177 Å². The van der Waals surface area contributed by atoms with Crippen molar-refractivity contribution in [1.29, 1.82) is 0 Å². The lowest BCUT2D eigenvalue weighted by atomic mass is 10.1. The van der Waals surface area contributed by atoms with E-state index in [9.17, 15) is 14.4 Å². The van der Waals surface area contributed by atoms with Gasteiger partial charge in [0.25, 0.3) is 11.8 Å². The SMILES string of the molecule is CN(C)CC(=O)Nc1ccc(Cl)c(-c2cnc3ccccc3n2)c1.Cc1cncc(C(=O)Nc2ccc(Cl)c(-c3cnc4ccccc4n3)c2)c1.O=C(Nc1ccc(Cl)c(-c2cnc3ccccc3n2)c1)c1cn[nH]c1. The van der Waals surface area contributed by atoms with Gasteiger partial charge >= 0.3 is 0 Å². The number of rotatable bonds is 10. The number of anilines is 3. The maximum atomic E-state index is 12.5. The number of fused-ring (bicyclic) bond motifs is 3. The molecule has 4 N–H and O–H groups in total. The zero-order valence-corrected chi connectivity index (χ0v) is 43.1. The first kappa shape index (κ1) is 51.8. The largest absolute Gasteiger partial charge is 0.325 e. The van der Waals surface area contributed by atoms with Crippen LogP contribution >= 0.6 is 34.8 Å². The Morgan fingerprint density at radius 3 is 1.29 bits per heavy atom. The van der Waals surface area contributed by atoms with E-state index in [1.165, 1.54) is 18.6 Å². The van der Waals surface area contributed by atoms with Crippen LogP contribution in [0, 0.1) is 6.92 Å². The van der Waals surface area contributed by atoms with Crippen molar-refractivity contribution in [1.82, 2.24) is 50.0 Å². The van der Waals surface area contributed by atoms with Crippen LogP contribution in [0.4, 0.5) is 17.1 Å². The molecule has 0 radical (unpaired) electrons. The van der Waals surface area contributed by atoms with Crippen LogP contribution in [0.3, 0.4) is 0 Å². The van der Waals surface area contributed by atoms with Crippen LogP contribution < -0.4 is 16.0 Å². The summed E-state index contributed by atoms with van der Waals surface area (Å²) in [7, 11) is 3.69. The van der Waals surface area contributed by atoms with E-state index in [4.69, 9.17) is 34.8 Å². The van der Waals surface area contributed by atoms with Gasteiger partial charge in [-0.3, -0.25) is 39.4 Å². The number of para-hydroxylation sites is 6. The quantitative estimate of drug-likeness (QED) is 0.101. The Labute approximate surface area is 450 Å². The van der Waals surface area contributed by atoms with Crippen molar-refractivity contribution in [2.45, 2.75) is 6.92 Å². The number of hydrogen-bond acceptors (Lipinski definition) is 12. The van der Waals surface area contributed by atoms with E-state index in [2.05, 4.69) is 61.0 Å². The fourth-order valence-corrected chi connectivity index (χ4v) is 8.25. The fourth-order valence-electron chi connectivity index (χ4n) is 7.61. The van der Waals surface area contributed by atoms with Crippen molar-refractivity contribution in [3.8, 4) is 33.8 Å². The third-order valence-corrected chi connectivity index (χ3v) is 12.2. The number of benzene rings is 6. The van der Waals surface area contributed by atoms with Gasteiger partial charge in [0.2, 0.25) is 5.91 Å². The smallest absolute Gasteiger partial charge is 0.258 e. The lowest BCUT2D eigenvalue weighted by Crippen LogP contribution is -2.27. The van der Waals surface area contributed by atoms with Crippen LogP contribution in [-0.4, -0.2) is 88.3 Å². The third-order valence-electron chi connectivity index (χ3n) is 11.2. The number of aryl methyl sites for hydroxylation is 1. The standard InChI is InChI=1S/C21H15ClN4O.C18H12ClN5O.C18H17ClN4O/c1-13-8-14(11-23-10-13)21(27)25-15-6-7-17(22)16(9-15)20-12-24-18-4-2-3-5-19(18)26-20;19-14-6-5-12(23-18(25)11-8-21-22-9-11)7-13(14)17-10-20-15-3-1-2-4-16(15)24-17;1-23(2)11-18(24)21-12-7-8-14(19)13(9-12)17-10-20-15-5-3-4-6-16(15)22-17/h2-12H,1H3,(H,25,27);1-10H,(H,21,22)(H,23,25);3-10H,11H2,1-2H3,(H,21,24). The average Bonchev–Trinajstić information content (AvgIpc) is 3.99. The number of H-pyrrole nitrogens is 1. The number of carbonyl (C=O) groups excluding carboxylic acids is 3. The number of aromatic amines is 1. The predicted molar refractivity (Wildman–Crippen MR) is 301 cm³/mol. The molecule has 0 aliphatic rings. The van der Waals surface area contributed by atoms with Gasteiger partial charge in [0.15, 0.2) is 0 Å². The summed E-state index contributed by atoms with van der Waals surface area (Å²) in [5, 5.41) is 16.6. The molecule has 0 spiro atoms. The predicted octanol–water partition coefficient (Wildman–Crippen LogP) is 12.3. The molecular formula is C57H44Cl3N13O3. The van der Waals surface area contributed by atoms with E-state index in [-0.39, 0.29) is 17.7 Å². The molecule has 5 aromatic heterocycles. The van der Waals surface area contributed by atoms with Gasteiger partial charge in [-0.25, -0.2) is 15.0 Å². The number of carbonyl (C=O) groups is 3. The first-order valence-corrected chi connectivity index (χ1v) is 24.5. The summed E-state index contributed by atoms with van der Waals surface area (Å²) in [5.41, 5.74) is 12.7. The Bertz CT molecular complexity index is 3920. The topological polar surface area (TPSA) is 209 Å². The van der Waals surface area contributed by atoms with E-state index in [0.717, 1.165) is 44.2 Å². The first-order chi connectivity index (χ1) is 36.8. The molecule has 11 aromatic rings. The lowest BCUT2D eigenvalue weighted by molar-refractivity contribution is -0.116. The molecule has 0 aliphatic heterocycles. The molecular weight excluding hydrogens is 1020 g/mol. The highest BCUT2D eigenvalue weighted by Gasteiger charge is 2.15. The van der Waals surface area contributed by atoms with Gasteiger partial charge in [-0.15, -0.1) is 0 Å². The average molecular weight is 1070 g/mol. The van der Waals surface area contributed by atoms with Gasteiger partial charge < -0.3 is 20.9 Å². The second-order valence-electron chi connectivity index (χ2n) is 17.2. The molecule has 0 saturated carbocycles. The number of amides is 3. The van der Waals surface area contributed by atoms with Crippen LogP contribution in [0.5, 0.6) is 0 Å². The maximum absolute atomic E-state index is 12.5. The Morgan fingerprint density at radius 1 is 0.487 bits per heavy atom. The van der Waals surface area contributed by atoms with Crippen molar-refractivity contribution in [3.63, 3.8) is 0 Å². The highest BCUT2D eigenvalue weighted by atomic mass is 35.5. The van der Waals surface area contributed by atoms with Crippen molar-refractivity contribution >= 4 is 103 Å². The summed E-state index contributed by atoms with van der Waals surface area (Å²) in [5.74, 6) is -0.575. The highest BCUT2D eigenvalue weighted by molar-refractivity contribution is 6.34. The minimum Gasteiger partial charge on any atom is -0.325 e. The molecule has 0 fully saturated rings. The molecule has 19 heteroatoms. The second-order valence-corrected chi connectivity index (χ2v) is 18.5. The van der Waals surface area contributed by atoms with Gasteiger partial charge in [-0.2, -0.15) is 5.10 Å². The number of hydrogen-bond donors (Lipinski definition) is 4. The first-order valence-electron chi connectivity index (χ1n) is 23.4. The monoisotopic (exact) mass is 1060 g/mol. The second kappa shape index (κ2) is 23.9. The van der Waals surface area contributed by atoms with Gasteiger partial charge in [-0.1, -0.05) is 71.2 Å². The molecule has 5 heterocycles. The van der Waals surface area contributed by atoms with E-state index in [0.29, 0.717) is 78.0 Å². The zero-order valence-electron chi connectivity index (χ0n) is 40.8. The number of nitrogens with one attached hydrogen (secondary N) is 4. The van der Waals surface area contributed by atoms with E-state index in [1.807, 2.05) is 99.9 Å². The highest BCUT2D eigenvalue weighted by Crippen LogP contribution is 2.33. The molecule has 0 atom stereocenters. The lowest BCUT2D eigenvalue weighted by Gasteiger charge is -2.12. The number of pyridine rings is 1. The summed E-state index contributed by atoms with van der Waals surface area (Å²) < 4.78 is 0. The summed E-state index contributed by atoms with van der Waals surface area (Å²) in [6, 6.07) is 40.5. The van der Waals surface area contributed by atoms with E-state index < -0.39 is 0 Å². The molecule has 0 unspecified atom stereocenters. The van der Waals surface area contributed by atoms with Gasteiger partial charge in [-0.05, 0) is 124 Å². The molecule has 76 heavy (non-hydrogen) atoms. The summed E-state index contributed by atoms with van der Waals surface area (Å²) in [4.78, 5) is 69.5. The van der Waals surface area contributed by atoms with Gasteiger partial charge in [0.1, 0.15) is 0 Å². The summed E-state index contributed by atoms with van der Waals surface area (Å²) >= 11 is 19.0. The number of aromatic nitrogens is 9. The number of nitrogens with zero attached hydrogens (tertiary/aromatic N) is 9.